The van der Waals surface area contributed by atoms with Crippen LogP contribution >= 0.6 is 0 Å². The molecule has 1 atom stereocenters. The molecule has 0 unspecified atom stereocenters. The maximum atomic E-state index is 13.4. The summed E-state index contributed by atoms with van der Waals surface area (Å²) in [5.74, 6) is 0.401. The number of β-amino-alcohol motifs (C(OH)–C–C–N with tert-alkyl or cyclic N) is 1. The quantitative estimate of drug-likeness (QED) is 0.630. The smallest absolute Gasteiger partial charge is 0.306 e. The van der Waals surface area contributed by atoms with Gasteiger partial charge < -0.3 is 19.5 Å². The maximum Gasteiger partial charge on any atom is 0.306 e. The van der Waals surface area contributed by atoms with Crippen molar-refractivity contribution in [2.75, 3.05) is 40.4 Å². The van der Waals surface area contributed by atoms with Crippen LogP contribution in [0.5, 0.6) is 5.75 Å². The lowest BCUT2D eigenvalue weighted by molar-refractivity contribution is -0.141. The number of carbonyl (C=O) groups is 2. The topological polar surface area (TPSA) is 97.1 Å². The fraction of sp³-hybridized carbons (Fsp3) is 0.542. The van der Waals surface area contributed by atoms with Gasteiger partial charge in [0.25, 0.3) is 5.91 Å². The fourth-order valence-corrected chi connectivity index (χ4v) is 4.62. The summed E-state index contributed by atoms with van der Waals surface area (Å²) in [5, 5.41) is 14.8. The zero-order valence-electron chi connectivity index (χ0n) is 19.3. The molecular formula is C24H32N4O5. The van der Waals surface area contributed by atoms with Crippen molar-refractivity contribution in [1.29, 1.82) is 0 Å². The Morgan fingerprint density at radius 3 is 2.85 bits per heavy atom. The number of piperidine rings is 1. The van der Waals surface area contributed by atoms with Crippen molar-refractivity contribution in [3.05, 3.63) is 46.8 Å². The molecule has 1 saturated heterocycles. The summed E-state index contributed by atoms with van der Waals surface area (Å²) < 4.78 is 12.0. The average molecular weight is 457 g/mol. The highest BCUT2D eigenvalue weighted by molar-refractivity contribution is 5.94. The van der Waals surface area contributed by atoms with E-state index in [1.165, 1.54) is 7.11 Å². The molecule has 9 heteroatoms. The number of hydrogen-bond donors (Lipinski definition) is 1. The molecule has 33 heavy (non-hydrogen) atoms. The van der Waals surface area contributed by atoms with Crippen molar-refractivity contribution < 1.29 is 24.2 Å². The molecule has 2 aliphatic heterocycles. The zero-order valence-corrected chi connectivity index (χ0v) is 19.3. The molecule has 1 aromatic heterocycles. The van der Waals surface area contributed by atoms with E-state index in [2.05, 4.69) is 4.90 Å². The largest absolute Gasteiger partial charge is 0.497 e. The van der Waals surface area contributed by atoms with E-state index in [9.17, 15) is 14.7 Å². The summed E-state index contributed by atoms with van der Waals surface area (Å²) in [6, 6.07) is 7.84. The van der Waals surface area contributed by atoms with Crippen LogP contribution in [0.25, 0.3) is 0 Å². The Hall–Kier alpha value is -2.91. The van der Waals surface area contributed by atoms with Crippen molar-refractivity contribution in [2.45, 2.75) is 44.9 Å². The van der Waals surface area contributed by atoms with E-state index < -0.39 is 6.10 Å². The van der Waals surface area contributed by atoms with E-state index in [0.717, 1.165) is 42.0 Å². The fourth-order valence-electron chi connectivity index (χ4n) is 4.62. The van der Waals surface area contributed by atoms with Gasteiger partial charge in [-0.1, -0.05) is 12.1 Å². The monoisotopic (exact) mass is 456 g/mol. The molecule has 1 fully saturated rings. The highest BCUT2D eigenvalue weighted by atomic mass is 16.5. The van der Waals surface area contributed by atoms with Crippen LogP contribution in [-0.2, 0) is 29.0 Å². The van der Waals surface area contributed by atoms with Gasteiger partial charge in [-0.2, -0.15) is 5.10 Å². The lowest BCUT2D eigenvalue weighted by Gasteiger charge is -2.31. The molecule has 0 aliphatic carbocycles. The second-order valence-corrected chi connectivity index (χ2v) is 8.68. The Morgan fingerprint density at radius 2 is 2.09 bits per heavy atom. The van der Waals surface area contributed by atoms with Gasteiger partial charge in [0.1, 0.15) is 5.75 Å². The predicted molar refractivity (Wildman–Crippen MR) is 121 cm³/mol. The Kier molecular flexibility index (Phi) is 7.29. The second kappa shape index (κ2) is 10.4. The molecule has 0 spiro atoms. The molecular weight excluding hydrogens is 424 g/mol. The van der Waals surface area contributed by atoms with E-state index in [1.54, 1.807) is 12.0 Å². The van der Waals surface area contributed by atoms with Crippen LogP contribution < -0.4 is 4.74 Å². The number of carbonyl (C=O) groups excluding carboxylic acids is 2. The SMILES string of the molecule is COC(=O)CCN1CCc2c(c(C(=O)N3CCC[C@@H](O)C3)nn2Cc2cccc(OC)c2)C1. The molecule has 1 amide bonds. The third-order valence-corrected chi connectivity index (χ3v) is 6.43. The van der Waals surface area contributed by atoms with Crippen LogP contribution in [0, 0.1) is 0 Å². The van der Waals surface area contributed by atoms with E-state index in [-0.39, 0.29) is 11.9 Å². The lowest BCUT2D eigenvalue weighted by Crippen LogP contribution is -2.43. The van der Waals surface area contributed by atoms with Gasteiger partial charge in [-0.3, -0.25) is 19.2 Å². The standard InChI is InChI=1S/C24H32N4O5/c1-32-19-7-3-5-17(13-19)14-28-21-8-11-26(12-9-22(30)33-2)16-20(21)23(25-28)24(31)27-10-4-6-18(29)15-27/h3,5,7,13,18,29H,4,6,8-12,14-16H2,1-2H3/t18-/m1/s1. The molecule has 9 nitrogen and oxygen atoms in total. The second-order valence-electron chi connectivity index (χ2n) is 8.68. The number of aromatic nitrogens is 2. The number of rotatable bonds is 7. The van der Waals surface area contributed by atoms with Crippen molar-refractivity contribution in [3.63, 3.8) is 0 Å². The third kappa shape index (κ3) is 5.36. The molecule has 2 aliphatic rings. The first-order valence-corrected chi connectivity index (χ1v) is 11.5. The maximum absolute atomic E-state index is 13.4. The highest BCUT2D eigenvalue weighted by Crippen LogP contribution is 2.26. The van der Waals surface area contributed by atoms with Crippen LogP contribution in [0.1, 0.15) is 46.6 Å². The number of benzene rings is 1. The summed E-state index contributed by atoms with van der Waals surface area (Å²) in [6.07, 6.45) is 2.06. The van der Waals surface area contributed by atoms with E-state index in [4.69, 9.17) is 14.6 Å². The van der Waals surface area contributed by atoms with Crippen molar-refractivity contribution in [2.24, 2.45) is 0 Å². The first kappa shape index (κ1) is 23.3. The molecule has 3 heterocycles. The minimum absolute atomic E-state index is 0.135. The van der Waals surface area contributed by atoms with E-state index >= 15 is 0 Å². The number of amides is 1. The van der Waals surface area contributed by atoms with Crippen molar-refractivity contribution >= 4 is 11.9 Å². The number of fused-ring (bicyclic) bond motifs is 1. The molecule has 1 aromatic carbocycles. The number of aliphatic hydroxyl groups is 1. The number of ether oxygens (including phenoxy) is 2. The molecule has 178 valence electrons. The van der Waals surface area contributed by atoms with Gasteiger partial charge in [-0.25, -0.2) is 0 Å². The van der Waals surface area contributed by atoms with E-state index in [0.29, 0.717) is 51.3 Å². The minimum atomic E-state index is -0.492. The lowest BCUT2D eigenvalue weighted by atomic mass is 10.0. The summed E-state index contributed by atoms with van der Waals surface area (Å²) in [7, 11) is 3.03. The summed E-state index contributed by atoms with van der Waals surface area (Å²) >= 11 is 0. The third-order valence-electron chi connectivity index (χ3n) is 6.43. The van der Waals surface area contributed by atoms with Gasteiger partial charge in [0.2, 0.25) is 0 Å². The summed E-state index contributed by atoms with van der Waals surface area (Å²) in [6.45, 7) is 3.41. The van der Waals surface area contributed by atoms with Crippen molar-refractivity contribution in [1.82, 2.24) is 19.6 Å². The first-order valence-electron chi connectivity index (χ1n) is 11.5. The number of aliphatic hydroxyl groups excluding tert-OH is 1. The molecule has 4 rings (SSSR count). The Morgan fingerprint density at radius 1 is 1.24 bits per heavy atom. The number of methoxy groups -OCH3 is 2. The average Bonchev–Trinajstić information content (AvgIpc) is 3.19. The molecule has 2 aromatic rings. The molecule has 0 radical (unpaired) electrons. The molecule has 0 bridgehead atoms. The van der Waals surface area contributed by atoms with Crippen LogP contribution in [-0.4, -0.2) is 83.1 Å². The van der Waals surface area contributed by atoms with Gasteiger partial charge in [0.15, 0.2) is 5.69 Å². The van der Waals surface area contributed by atoms with Crippen LogP contribution in [0.15, 0.2) is 24.3 Å². The van der Waals surface area contributed by atoms with Crippen LogP contribution in [0.2, 0.25) is 0 Å². The predicted octanol–water partition coefficient (Wildman–Crippen LogP) is 1.46. The molecule has 1 N–H and O–H groups in total. The van der Waals surface area contributed by atoms with Gasteiger partial charge in [-0.15, -0.1) is 0 Å². The summed E-state index contributed by atoms with van der Waals surface area (Å²) in [4.78, 5) is 28.9. The van der Waals surface area contributed by atoms with Gasteiger partial charge in [0.05, 0.1) is 33.3 Å². The van der Waals surface area contributed by atoms with Crippen LogP contribution in [0.3, 0.4) is 0 Å². The van der Waals surface area contributed by atoms with Gasteiger partial charge in [0, 0.05) is 50.4 Å². The minimum Gasteiger partial charge on any atom is -0.497 e. The number of likely N-dealkylation sites (tertiary alicyclic amines) is 1. The van der Waals surface area contributed by atoms with Crippen molar-refractivity contribution in [3.8, 4) is 5.75 Å². The first-order chi connectivity index (χ1) is 16.0. The van der Waals surface area contributed by atoms with Gasteiger partial charge in [-0.05, 0) is 30.5 Å². The van der Waals surface area contributed by atoms with E-state index in [1.807, 2.05) is 28.9 Å². The Balaban J connectivity index is 1.62. The van der Waals surface area contributed by atoms with Gasteiger partial charge >= 0.3 is 5.97 Å². The molecule has 0 saturated carbocycles. The number of hydrogen-bond acceptors (Lipinski definition) is 7. The summed E-state index contributed by atoms with van der Waals surface area (Å²) in [5.41, 5.74) is 3.46. The number of nitrogens with zero attached hydrogens (tertiary/aromatic N) is 4. The number of esters is 1. The van der Waals surface area contributed by atoms with Crippen LogP contribution in [0.4, 0.5) is 0 Å². The zero-order chi connectivity index (χ0) is 23.4. The normalized spacial score (nSPS) is 18.6. The highest BCUT2D eigenvalue weighted by Gasteiger charge is 2.32. The Bertz CT molecular complexity index is 1000. The Labute approximate surface area is 193 Å².